The second kappa shape index (κ2) is 8.19. The smallest absolute Gasteiger partial charge is 0.243 e. The highest BCUT2D eigenvalue weighted by atomic mass is 16.2. The number of aryl methyl sites for hydroxylation is 1. The second-order valence-corrected chi connectivity index (χ2v) is 6.92. The number of aromatic amines is 1. The molecule has 0 spiro atoms. The number of hydrogen-bond donors (Lipinski definition) is 2. The number of anilines is 1. The molecule has 26 heavy (non-hydrogen) atoms. The van der Waals surface area contributed by atoms with Crippen LogP contribution >= 0.6 is 0 Å². The number of benzene rings is 1. The molecule has 1 unspecified atom stereocenters. The Labute approximate surface area is 154 Å². The molecule has 6 heteroatoms. The minimum Gasteiger partial charge on any atom is -0.364 e. The first-order chi connectivity index (χ1) is 12.5. The van der Waals surface area contributed by atoms with E-state index in [1.165, 1.54) is 4.90 Å². The summed E-state index contributed by atoms with van der Waals surface area (Å²) in [5, 5.41) is 2.83. The van der Waals surface area contributed by atoms with Gasteiger partial charge < -0.3 is 15.2 Å². The molecule has 1 saturated heterocycles. The number of rotatable bonds is 6. The minimum atomic E-state index is -0.188. The maximum atomic E-state index is 12.5. The molecular weight excluding hydrogens is 328 g/mol. The zero-order valence-corrected chi connectivity index (χ0v) is 15.4. The first kappa shape index (κ1) is 18.2. The predicted molar refractivity (Wildman–Crippen MR) is 102 cm³/mol. The summed E-state index contributed by atoms with van der Waals surface area (Å²) in [5.74, 6) is -0.227. The van der Waals surface area contributed by atoms with Crippen molar-refractivity contribution >= 4 is 17.5 Å². The summed E-state index contributed by atoms with van der Waals surface area (Å²) in [6.45, 7) is 3.28. The van der Waals surface area contributed by atoms with Gasteiger partial charge in [-0.2, -0.15) is 0 Å². The number of amides is 2. The molecule has 1 atom stereocenters. The number of likely N-dealkylation sites (tertiary alicyclic amines) is 1. The van der Waals surface area contributed by atoms with Crippen LogP contribution < -0.4 is 5.32 Å². The molecule has 0 bridgehead atoms. The van der Waals surface area contributed by atoms with Gasteiger partial charge in [0, 0.05) is 24.6 Å². The summed E-state index contributed by atoms with van der Waals surface area (Å²) < 4.78 is 0. The van der Waals surface area contributed by atoms with E-state index in [2.05, 4.69) is 21.3 Å². The lowest BCUT2D eigenvalue weighted by Gasteiger charge is -2.25. The minimum absolute atomic E-state index is 0.0393. The number of nitrogens with one attached hydrogen (secondary N) is 2. The number of carbonyl (C=O) groups excluding carboxylic acids is 2. The van der Waals surface area contributed by atoms with Crippen LogP contribution in [-0.2, 0) is 9.59 Å². The van der Waals surface area contributed by atoms with Crippen molar-refractivity contribution < 1.29 is 9.59 Å². The number of carbonyl (C=O) groups is 2. The molecule has 1 aromatic heterocycles. The Morgan fingerprint density at radius 2 is 2.04 bits per heavy atom. The SMILES string of the molecule is Cc1ccc(NC(=O)CN(C)C(=O)CN2CCCC2c2ccc[nH]2)cc1. The third-order valence-electron chi connectivity index (χ3n) is 4.82. The summed E-state index contributed by atoms with van der Waals surface area (Å²) in [5.41, 5.74) is 3.03. The fraction of sp³-hybridized carbons (Fsp3) is 0.400. The lowest BCUT2D eigenvalue weighted by molar-refractivity contribution is -0.134. The fourth-order valence-electron chi connectivity index (χ4n) is 3.35. The molecule has 1 aliphatic rings. The van der Waals surface area contributed by atoms with E-state index in [9.17, 15) is 9.59 Å². The van der Waals surface area contributed by atoms with Crippen LogP contribution in [-0.4, -0.2) is 53.3 Å². The van der Waals surface area contributed by atoms with Gasteiger partial charge in [0.2, 0.25) is 11.8 Å². The van der Waals surface area contributed by atoms with E-state index < -0.39 is 0 Å². The van der Waals surface area contributed by atoms with Gasteiger partial charge in [0.25, 0.3) is 0 Å². The molecule has 2 amide bonds. The third-order valence-corrected chi connectivity index (χ3v) is 4.82. The van der Waals surface area contributed by atoms with E-state index in [1.54, 1.807) is 7.05 Å². The highest BCUT2D eigenvalue weighted by Gasteiger charge is 2.29. The Morgan fingerprint density at radius 3 is 2.73 bits per heavy atom. The average Bonchev–Trinajstić information content (AvgIpc) is 3.28. The van der Waals surface area contributed by atoms with Crippen LogP contribution in [0.15, 0.2) is 42.6 Å². The maximum absolute atomic E-state index is 12.5. The number of likely N-dealkylation sites (N-methyl/N-ethyl adjacent to an activating group) is 1. The summed E-state index contributed by atoms with van der Waals surface area (Å²) in [7, 11) is 1.68. The Bertz CT molecular complexity index is 740. The molecule has 2 heterocycles. The van der Waals surface area contributed by atoms with Crippen LogP contribution in [0.1, 0.15) is 30.1 Å². The van der Waals surface area contributed by atoms with E-state index in [0.717, 1.165) is 36.3 Å². The van der Waals surface area contributed by atoms with Crippen LogP contribution in [0, 0.1) is 6.92 Å². The van der Waals surface area contributed by atoms with Crippen molar-refractivity contribution in [2.24, 2.45) is 0 Å². The van der Waals surface area contributed by atoms with Crippen LogP contribution in [0.5, 0.6) is 0 Å². The standard InChI is InChI=1S/C20H26N4O2/c1-15-7-9-16(10-8-15)22-19(25)13-23(2)20(26)14-24-12-4-6-18(24)17-5-3-11-21-17/h3,5,7-11,18,21H,4,6,12-14H2,1-2H3,(H,22,25). The number of hydrogen-bond acceptors (Lipinski definition) is 3. The molecular formula is C20H26N4O2. The normalized spacial score (nSPS) is 17.2. The van der Waals surface area contributed by atoms with Gasteiger partial charge in [-0.15, -0.1) is 0 Å². The van der Waals surface area contributed by atoms with Gasteiger partial charge >= 0.3 is 0 Å². The van der Waals surface area contributed by atoms with E-state index in [4.69, 9.17) is 0 Å². The molecule has 1 fully saturated rings. The van der Waals surface area contributed by atoms with E-state index in [0.29, 0.717) is 6.54 Å². The Hall–Kier alpha value is -2.60. The summed E-state index contributed by atoms with van der Waals surface area (Å²) in [6.07, 6.45) is 4.04. The van der Waals surface area contributed by atoms with Crippen LogP contribution in [0.2, 0.25) is 0 Å². The molecule has 138 valence electrons. The summed E-state index contributed by atoms with van der Waals surface area (Å²) >= 11 is 0. The van der Waals surface area contributed by atoms with Crippen molar-refractivity contribution in [1.82, 2.24) is 14.8 Å². The van der Waals surface area contributed by atoms with E-state index in [-0.39, 0.29) is 24.4 Å². The van der Waals surface area contributed by atoms with Gasteiger partial charge in [0.1, 0.15) is 0 Å². The van der Waals surface area contributed by atoms with Crippen LogP contribution in [0.25, 0.3) is 0 Å². The first-order valence-electron chi connectivity index (χ1n) is 9.01. The molecule has 1 aromatic carbocycles. The number of H-pyrrole nitrogens is 1. The molecule has 0 radical (unpaired) electrons. The van der Waals surface area contributed by atoms with E-state index in [1.807, 2.05) is 43.5 Å². The van der Waals surface area contributed by atoms with Gasteiger partial charge in [-0.3, -0.25) is 14.5 Å². The summed E-state index contributed by atoms with van der Waals surface area (Å²) in [4.78, 5) is 31.6. The zero-order chi connectivity index (χ0) is 18.5. The summed E-state index contributed by atoms with van der Waals surface area (Å²) in [6, 6.07) is 11.9. The van der Waals surface area contributed by atoms with Gasteiger partial charge in [-0.05, 0) is 50.6 Å². The fourth-order valence-corrected chi connectivity index (χ4v) is 3.35. The van der Waals surface area contributed by atoms with Crippen molar-refractivity contribution in [2.75, 3.05) is 32.0 Å². The second-order valence-electron chi connectivity index (χ2n) is 6.92. The Balaban J connectivity index is 1.51. The van der Waals surface area contributed by atoms with Crippen molar-refractivity contribution in [3.63, 3.8) is 0 Å². The van der Waals surface area contributed by atoms with Crippen molar-refractivity contribution in [2.45, 2.75) is 25.8 Å². The van der Waals surface area contributed by atoms with Gasteiger partial charge in [0.15, 0.2) is 0 Å². The van der Waals surface area contributed by atoms with Crippen molar-refractivity contribution in [3.8, 4) is 0 Å². The van der Waals surface area contributed by atoms with Crippen LogP contribution in [0.3, 0.4) is 0 Å². The number of nitrogens with zero attached hydrogens (tertiary/aromatic N) is 2. The van der Waals surface area contributed by atoms with Crippen molar-refractivity contribution in [1.29, 1.82) is 0 Å². The molecule has 3 rings (SSSR count). The lowest BCUT2D eigenvalue weighted by Crippen LogP contribution is -2.41. The molecule has 1 aliphatic heterocycles. The predicted octanol–water partition coefficient (Wildman–Crippen LogP) is 2.56. The lowest BCUT2D eigenvalue weighted by atomic mass is 10.1. The molecule has 0 saturated carbocycles. The van der Waals surface area contributed by atoms with Crippen molar-refractivity contribution in [3.05, 3.63) is 53.9 Å². The molecule has 0 aliphatic carbocycles. The maximum Gasteiger partial charge on any atom is 0.243 e. The number of aromatic nitrogens is 1. The zero-order valence-electron chi connectivity index (χ0n) is 15.4. The average molecular weight is 354 g/mol. The van der Waals surface area contributed by atoms with Gasteiger partial charge in [-0.1, -0.05) is 17.7 Å². The third kappa shape index (κ3) is 4.52. The topological polar surface area (TPSA) is 68.4 Å². The van der Waals surface area contributed by atoms with Gasteiger partial charge in [0.05, 0.1) is 19.1 Å². The first-order valence-corrected chi connectivity index (χ1v) is 9.01. The molecule has 6 nitrogen and oxygen atoms in total. The Morgan fingerprint density at radius 1 is 1.27 bits per heavy atom. The van der Waals surface area contributed by atoms with E-state index >= 15 is 0 Å². The Kier molecular flexibility index (Phi) is 5.73. The highest BCUT2D eigenvalue weighted by molar-refractivity contribution is 5.94. The molecule has 2 aromatic rings. The molecule has 2 N–H and O–H groups in total. The quantitative estimate of drug-likeness (QED) is 0.838. The largest absolute Gasteiger partial charge is 0.364 e. The van der Waals surface area contributed by atoms with Gasteiger partial charge in [-0.25, -0.2) is 0 Å². The monoisotopic (exact) mass is 354 g/mol. The highest BCUT2D eigenvalue weighted by Crippen LogP contribution is 2.30. The van der Waals surface area contributed by atoms with Crippen LogP contribution in [0.4, 0.5) is 5.69 Å².